The first kappa shape index (κ1) is 25.4. The summed E-state index contributed by atoms with van der Waals surface area (Å²) in [5, 5.41) is 3.21. The van der Waals surface area contributed by atoms with Crippen molar-refractivity contribution in [3.63, 3.8) is 0 Å². The molecule has 1 aliphatic rings. The van der Waals surface area contributed by atoms with E-state index in [9.17, 15) is 4.79 Å². The number of benzene rings is 1. The number of carbonyl (C=O) groups is 1. The molecule has 0 fully saturated rings. The first-order chi connectivity index (χ1) is 15.4. The Labute approximate surface area is 200 Å². The highest BCUT2D eigenvalue weighted by Crippen LogP contribution is 2.59. The number of nitrogens with two attached hydrogens (primary N) is 1. The fourth-order valence-electron chi connectivity index (χ4n) is 3.87. The predicted molar refractivity (Wildman–Crippen MR) is 135 cm³/mol. The number of rotatable bonds is 7. The van der Waals surface area contributed by atoms with Crippen LogP contribution in [0, 0.1) is 5.82 Å². The van der Waals surface area contributed by atoms with Crippen LogP contribution in [-0.4, -0.2) is 53.7 Å². The number of halogens is 2. The molecule has 3 rings (SSSR count). The molecule has 2 atom stereocenters. The third kappa shape index (κ3) is 5.16. The second-order valence-corrected chi connectivity index (χ2v) is 13.1. The maximum atomic E-state index is 15.1. The van der Waals surface area contributed by atoms with Crippen LogP contribution in [0.2, 0.25) is 5.02 Å². The van der Waals surface area contributed by atoms with E-state index in [0.29, 0.717) is 41.0 Å². The molecule has 0 saturated carbocycles. The normalized spacial score (nSPS) is 26.2. The van der Waals surface area contributed by atoms with Crippen molar-refractivity contribution < 1.29 is 13.9 Å². The second kappa shape index (κ2) is 9.58. The SMILES string of the molecule is COCCNS1(C)C[C@@](C)(c2cc(NC(=O)c3ccc(Cl)cn3)ccc2F)N=C(N)C1(C)C. The summed E-state index contributed by atoms with van der Waals surface area (Å²) in [6.07, 6.45) is 3.55. The third-order valence-electron chi connectivity index (χ3n) is 6.17. The summed E-state index contributed by atoms with van der Waals surface area (Å²) in [6.45, 7) is 7.21. The lowest BCUT2D eigenvalue weighted by molar-refractivity contribution is 0.102. The molecule has 10 heteroatoms. The van der Waals surface area contributed by atoms with Gasteiger partial charge in [-0.05, 0) is 57.4 Å². The minimum atomic E-state index is -1.56. The quantitative estimate of drug-likeness (QED) is 0.502. The van der Waals surface area contributed by atoms with E-state index >= 15 is 4.39 Å². The van der Waals surface area contributed by atoms with E-state index < -0.39 is 27.5 Å². The number of nitrogens with zero attached hydrogens (tertiary/aromatic N) is 2. The van der Waals surface area contributed by atoms with Crippen molar-refractivity contribution in [3.05, 3.63) is 58.6 Å². The predicted octanol–water partition coefficient (Wildman–Crippen LogP) is 4.08. The lowest BCUT2D eigenvalue weighted by Crippen LogP contribution is -2.56. The summed E-state index contributed by atoms with van der Waals surface area (Å²) >= 11 is 5.84. The van der Waals surface area contributed by atoms with Crippen LogP contribution < -0.4 is 15.8 Å². The standard InChI is InChI=1S/C23H31ClFN5O2S/c1-22(2)21(26)30-23(3,14-33(22,5)28-10-11-32-4)17-12-16(7-8-18(17)25)29-20(31)19-9-6-15(24)13-27-19/h6-9,12-13,28H,10-11,14H2,1-5H3,(H2,26,30)(H,29,31)/t23-/m0/s1. The van der Waals surface area contributed by atoms with Gasteiger partial charge < -0.3 is 15.8 Å². The molecule has 0 spiro atoms. The van der Waals surface area contributed by atoms with Crippen LogP contribution in [0.4, 0.5) is 10.1 Å². The molecule has 0 bridgehead atoms. The maximum absolute atomic E-state index is 15.1. The number of nitrogens with one attached hydrogen (secondary N) is 2. The van der Waals surface area contributed by atoms with Crippen LogP contribution in [0.25, 0.3) is 0 Å². The number of aliphatic imine (C=N–C) groups is 1. The van der Waals surface area contributed by atoms with Crippen molar-refractivity contribution in [1.29, 1.82) is 0 Å². The summed E-state index contributed by atoms with van der Waals surface area (Å²) in [6, 6.07) is 7.58. The van der Waals surface area contributed by atoms with Gasteiger partial charge in [-0.3, -0.25) is 14.5 Å². The first-order valence-electron chi connectivity index (χ1n) is 10.5. The van der Waals surface area contributed by atoms with E-state index in [-0.39, 0.29) is 10.4 Å². The number of amidine groups is 1. The zero-order valence-corrected chi connectivity index (χ0v) is 21.1. The lowest BCUT2D eigenvalue weighted by Gasteiger charge is -2.56. The van der Waals surface area contributed by atoms with Gasteiger partial charge in [-0.2, -0.15) is 10.2 Å². The highest BCUT2D eigenvalue weighted by Gasteiger charge is 2.49. The molecule has 7 nitrogen and oxygen atoms in total. The molecular weight excluding hydrogens is 465 g/mol. The lowest BCUT2D eigenvalue weighted by atomic mass is 9.92. The van der Waals surface area contributed by atoms with E-state index in [4.69, 9.17) is 27.1 Å². The van der Waals surface area contributed by atoms with E-state index in [1.165, 1.54) is 24.4 Å². The average Bonchev–Trinajstić information content (AvgIpc) is 2.74. The van der Waals surface area contributed by atoms with Gasteiger partial charge in [0.1, 0.15) is 17.3 Å². The minimum Gasteiger partial charge on any atom is -0.386 e. The Balaban J connectivity index is 1.94. The van der Waals surface area contributed by atoms with E-state index in [1.54, 1.807) is 19.2 Å². The van der Waals surface area contributed by atoms with Crippen LogP contribution in [0.15, 0.2) is 41.5 Å². The molecule has 1 aromatic heterocycles. The molecule has 2 heterocycles. The number of methoxy groups -OCH3 is 1. The number of anilines is 1. The largest absolute Gasteiger partial charge is 0.386 e. The van der Waals surface area contributed by atoms with Crippen molar-refractivity contribution in [2.45, 2.75) is 31.1 Å². The van der Waals surface area contributed by atoms with Crippen molar-refractivity contribution in [1.82, 2.24) is 9.71 Å². The number of hydrogen-bond donors (Lipinski definition) is 3. The van der Waals surface area contributed by atoms with Gasteiger partial charge in [-0.15, -0.1) is 0 Å². The number of amides is 1. The second-order valence-electron chi connectivity index (χ2n) is 8.91. The molecule has 0 saturated heterocycles. The van der Waals surface area contributed by atoms with Gasteiger partial charge in [0.25, 0.3) is 5.91 Å². The van der Waals surface area contributed by atoms with Crippen LogP contribution >= 0.6 is 21.8 Å². The summed E-state index contributed by atoms with van der Waals surface area (Å²) in [4.78, 5) is 21.4. The smallest absolute Gasteiger partial charge is 0.274 e. The molecule has 33 heavy (non-hydrogen) atoms. The number of ether oxygens (including phenoxy) is 1. The minimum absolute atomic E-state index is 0.206. The van der Waals surface area contributed by atoms with Crippen LogP contribution in [0.3, 0.4) is 0 Å². The molecule has 1 amide bonds. The van der Waals surface area contributed by atoms with E-state index in [1.807, 2.05) is 6.92 Å². The molecule has 1 unspecified atom stereocenters. The fraction of sp³-hybridized carbons (Fsp3) is 0.435. The summed E-state index contributed by atoms with van der Waals surface area (Å²) in [5.74, 6) is 0.219. The van der Waals surface area contributed by atoms with Crippen LogP contribution in [0.1, 0.15) is 36.8 Å². The third-order valence-corrected chi connectivity index (χ3v) is 10.8. The Morgan fingerprint density at radius 3 is 2.67 bits per heavy atom. The van der Waals surface area contributed by atoms with E-state index in [2.05, 4.69) is 35.1 Å². The van der Waals surface area contributed by atoms with Gasteiger partial charge >= 0.3 is 0 Å². The van der Waals surface area contributed by atoms with Gasteiger partial charge in [-0.25, -0.2) is 9.37 Å². The Morgan fingerprint density at radius 2 is 2.03 bits per heavy atom. The molecule has 180 valence electrons. The maximum Gasteiger partial charge on any atom is 0.274 e. The summed E-state index contributed by atoms with van der Waals surface area (Å²) in [5.41, 5.74) is 6.56. The topological polar surface area (TPSA) is 102 Å². The summed E-state index contributed by atoms with van der Waals surface area (Å²) < 4.78 is 23.5. The average molecular weight is 496 g/mol. The molecule has 0 aliphatic carbocycles. The molecule has 0 radical (unpaired) electrons. The number of hydrogen-bond acceptors (Lipinski definition) is 6. The Bertz CT molecular complexity index is 1070. The van der Waals surface area contributed by atoms with Crippen molar-refractivity contribution >= 4 is 39.2 Å². The molecular formula is C23H31ClFN5O2S. The fourth-order valence-corrected chi connectivity index (χ4v) is 7.19. The van der Waals surface area contributed by atoms with Gasteiger partial charge in [-0.1, -0.05) is 11.6 Å². The number of carbonyl (C=O) groups excluding carboxylic acids is 1. The Morgan fingerprint density at radius 1 is 1.30 bits per heavy atom. The van der Waals surface area contributed by atoms with Gasteiger partial charge in [0.05, 0.1) is 21.9 Å². The molecule has 1 aromatic carbocycles. The Hall–Kier alpha value is -2.20. The summed E-state index contributed by atoms with van der Waals surface area (Å²) in [7, 11) is 0.0951. The van der Waals surface area contributed by atoms with Crippen molar-refractivity contribution in [2.75, 3.05) is 37.6 Å². The highest BCUT2D eigenvalue weighted by atomic mass is 35.5. The van der Waals surface area contributed by atoms with Gasteiger partial charge in [0.15, 0.2) is 0 Å². The Kier molecular flexibility index (Phi) is 7.38. The number of aromatic nitrogens is 1. The zero-order chi connectivity index (χ0) is 24.4. The zero-order valence-electron chi connectivity index (χ0n) is 19.5. The van der Waals surface area contributed by atoms with E-state index in [0.717, 1.165) is 0 Å². The van der Waals surface area contributed by atoms with Crippen LogP contribution in [-0.2, 0) is 10.3 Å². The first-order valence-corrected chi connectivity index (χ1v) is 13.1. The van der Waals surface area contributed by atoms with Crippen molar-refractivity contribution in [3.8, 4) is 0 Å². The molecule has 1 aliphatic heterocycles. The monoisotopic (exact) mass is 495 g/mol. The highest BCUT2D eigenvalue weighted by molar-refractivity contribution is 8.33. The van der Waals surface area contributed by atoms with Gasteiger partial charge in [0, 0.05) is 36.9 Å². The van der Waals surface area contributed by atoms with Gasteiger partial charge in [0.2, 0.25) is 0 Å². The molecule has 4 N–H and O–H groups in total. The number of pyridine rings is 1. The van der Waals surface area contributed by atoms with Crippen LogP contribution in [0.5, 0.6) is 0 Å². The van der Waals surface area contributed by atoms with Crippen molar-refractivity contribution in [2.24, 2.45) is 10.7 Å². The molecule has 2 aromatic rings.